The summed E-state index contributed by atoms with van der Waals surface area (Å²) in [5.41, 5.74) is 8.58. The van der Waals surface area contributed by atoms with Crippen LogP contribution in [0, 0.1) is 5.82 Å². The van der Waals surface area contributed by atoms with Crippen molar-refractivity contribution in [2.24, 2.45) is 0 Å². The summed E-state index contributed by atoms with van der Waals surface area (Å²) in [7, 11) is 0. The van der Waals surface area contributed by atoms with E-state index in [0.29, 0.717) is 23.1 Å². The van der Waals surface area contributed by atoms with E-state index in [4.69, 9.17) is 14.9 Å². The van der Waals surface area contributed by atoms with Crippen molar-refractivity contribution >= 4 is 17.6 Å². The Kier molecular flexibility index (Phi) is 8.26. The maximum absolute atomic E-state index is 14.8. The van der Waals surface area contributed by atoms with Crippen molar-refractivity contribution in [3.05, 3.63) is 60.0 Å². The fraction of sp³-hybridized carbons (Fsp3) is 0.333. The molecule has 1 saturated heterocycles. The molecule has 8 nitrogen and oxygen atoms in total. The topological polar surface area (TPSA) is 112 Å². The average molecular weight is 539 g/mol. The zero-order chi connectivity index (χ0) is 26.5. The van der Waals surface area contributed by atoms with Gasteiger partial charge >= 0.3 is 0 Å². The van der Waals surface area contributed by atoms with Gasteiger partial charge in [0.05, 0.1) is 17.5 Å². The molecule has 1 aliphatic rings. The number of nitrogens with one attached hydrogen (secondary N) is 1. The molecule has 0 saturated carbocycles. The Morgan fingerprint density at radius 2 is 1.87 bits per heavy atom. The summed E-state index contributed by atoms with van der Waals surface area (Å²) in [6.45, 7) is 3.18. The van der Waals surface area contributed by atoms with Crippen LogP contribution < -0.4 is 11.1 Å². The number of hydrogen-bond acceptors (Lipinski definition) is 9. The molecule has 0 spiro atoms. The Balaban J connectivity index is 1.32. The van der Waals surface area contributed by atoms with E-state index in [9.17, 15) is 8.78 Å². The smallest absolute Gasteiger partial charge is 0.270 e. The Hall–Kier alpha value is -3.41. The van der Waals surface area contributed by atoms with Crippen LogP contribution in [0.4, 0.5) is 14.6 Å². The summed E-state index contributed by atoms with van der Waals surface area (Å²) >= 11 is 1.86. The zero-order valence-electron chi connectivity index (χ0n) is 20.9. The molecule has 3 N–H and O–H groups in total. The maximum atomic E-state index is 14.8. The summed E-state index contributed by atoms with van der Waals surface area (Å²) < 4.78 is 38.6. The maximum Gasteiger partial charge on any atom is 0.270 e. The second-order valence-corrected chi connectivity index (χ2v) is 10.5. The number of rotatable bonds is 9. The van der Waals surface area contributed by atoms with Crippen molar-refractivity contribution in [3.8, 4) is 34.3 Å². The highest BCUT2D eigenvalue weighted by atomic mass is 32.2. The third kappa shape index (κ3) is 6.17. The van der Waals surface area contributed by atoms with Crippen molar-refractivity contribution in [2.75, 3.05) is 25.6 Å². The number of anilines is 1. The number of nitrogens with two attached hydrogens (primary N) is 1. The molecule has 0 amide bonds. The molecule has 11 heteroatoms. The second kappa shape index (κ2) is 12.0. The largest absolute Gasteiger partial charge is 0.414 e. The second-order valence-electron chi connectivity index (χ2n) is 9.11. The Bertz CT molecular complexity index is 1380. The van der Waals surface area contributed by atoms with Crippen LogP contribution in [0.3, 0.4) is 0 Å². The van der Waals surface area contributed by atoms with Gasteiger partial charge in [0, 0.05) is 41.5 Å². The molecule has 4 aromatic rings. The van der Waals surface area contributed by atoms with Crippen LogP contribution in [-0.2, 0) is 11.3 Å². The van der Waals surface area contributed by atoms with E-state index in [1.54, 1.807) is 25.3 Å². The standard InChI is InChI=1S/C27H28F2N6O2S/c1-16(13-28)31-14-17-2-7-21(22(29)12-17)26-34-35-27(37-26)24-25(30)32-15-23(33-24)18-3-5-19(6-4-18)38-20-8-10-36-11-9-20/h2-7,12,15-16,20,31H,8-11,13-14H2,1H3,(H2,30,32). The first-order valence-corrected chi connectivity index (χ1v) is 13.3. The molecule has 5 rings (SSSR count). The molecule has 1 fully saturated rings. The number of nitrogen functional groups attached to an aromatic ring is 1. The monoisotopic (exact) mass is 538 g/mol. The van der Waals surface area contributed by atoms with Gasteiger partial charge in [-0.05, 0) is 49.6 Å². The SMILES string of the molecule is CC(CF)NCc1ccc(-c2nnc(-c3nc(-c4ccc(SC5CCOCC5)cc4)cnc3N)o2)c(F)c1. The molecule has 1 unspecified atom stereocenters. The number of hydrogen-bond donors (Lipinski definition) is 2. The predicted octanol–water partition coefficient (Wildman–Crippen LogP) is 5.30. The molecule has 3 heterocycles. The van der Waals surface area contributed by atoms with E-state index in [1.165, 1.54) is 11.0 Å². The van der Waals surface area contributed by atoms with Crippen molar-refractivity contribution in [2.45, 2.75) is 42.5 Å². The molecule has 2 aromatic heterocycles. The normalized spacial score (nSPS) is 15.0. The number of benzene rings is 2. The summed E-state index contributed by atoms with van der Waals surface area (Å²) in [6, 6.07) is 12.4. The molecule has 0 bridgehead atoms. The number of halogens is 2. The van der Waals surface area contributed by atoms with Gasteiger partial charge in [-0.25, -0.2) is 18.7 Å². The van der Waals surface area contributed by atoms with Crippen molar-refractivity contribution in [1.29, 1.82) is 0 Å². The molecule has 198 valence electrons. The van der Waals surface area contributed by atoms with E-state index in [2.05, 4.69) is 37.6 Å². The van der Waals surface area contributed by atoms with Crippen LogP contribution in [0.1, 0.15) is 25.3 Å². The molecule has 0 aliphatic carbocycles. The lowest BCUT2D eigenvalue weighted by Gasteiger charge is -2.21. The highest BCUT2D eigenvalue weighted by Crippen LogP contribution is 2.32. The third-order valence-electron chi connectivity index (χ3n) is 6.20. The van der Waals surface area contributed by atoms with Gasteiger partial charge in [-0.15, -0.1) is 22.0 Å². The summed E-state index contributed by atoms with van der Waals surface area (Å²) in [5, 5.41) is 11.6. The molecule has 38 heavy (non-hydrogen) atoms. The van der Waals surface area contributed by atoms with Gasteiger partial charge in [-0.1, -0.05) is 18.2 Å². The molecular weight excluding hydrogens is 510 g/mol. The summed E-state index contributed by atoms with van der Waals surface area (Å²) in [5.74, 6) is -0.367. The first-order valence-electron chi connectivity index (χ1n) is 12.4. The summed E-state index contributed by atoms with van der Waals surface area (Å²) in [4.78, 5) is 10.1. The molecular formula is C27H28F2N6O2S. The molecule has 1 aliphatic heterocycles. The van der Waals surface area contributed by atoms with Crippen molar-refractivity contribution in [1.82, 2.24) is 25.5 Å². The fourth-order valence-corrected chi connectivity index (χ4v) is 5.11. The van der Waals surface area contributed by atoms with E-state index >= 15 is 0 Å². The highest BCUT2D eigenvalue weighted by molar-refractivity contribution is 8.00. The van der Waals surface area contributed by atoms with Crippen LogP contribution in [0.5, 0.6) is 0 Å². The third-order valence-corrected chi connectivity index (χ3v) is 7.55. The molecule has 2 aromatic carbocycles. The van der Waals surface area contributed by atoms with E-state index in [0.717, 1.165) is 31.6 Å². The number of alkyl halides is 1. The number of ether oxygens (including phenoxy) is 1. The lowest BCUT2D eigenvalue weighted by Crippen LogP contribution is -2.27. The van der Waals surface area contributed by atoms with Crippen LogP contribution >= 0.6 is 11.8 Å². The van der Waals surface area contributed by atoms with E-state index in [-0.39, 0.29) is 34.9 Å². The van der Waals surface area contributed by atoms with Crippen molar-refractivity contribution in [3.63, 3.8) is 0 Å². The van der Waals surface area contributed by atoms with Gasteiger partial charge in [0.15, 0.2) is 11.5 Å². The number of aromatic nitrogens is 4. The molecule has 1 atom stereocenters. The van der Waals surface area contributed by atoms with Crippen molar-refractivity contribution < 1.29 is 17.9 Å². The van der Waals surface area contributed by atoms with Gasteiger partial charge in [-0.2, -0.15) is 0 Å². The van der Waals surface area contributed by atoms with E-state index < -0.39 is 12.5 Å². The minimum Gasteiger partial charge on any atom is -0.414 e. The fourth-order valence-electron chi connectivity index (χ4n) is 4.00. The van der Waals surface area contributed by atoms with Crippen LogP contribution in [-0.4, -0.2) is 51.3 Å². The summed E-state index contributed by atoms with van der Waals surface area (Å²) in [6.07, 6.45) is 3.69. The highest BCUT2D eigenvalue weighted by Gasteiger charge is 2.19. The number of thioether (sulfide) groups is 1. The van der Waals surface area contributed by atoms with Crippen LogP contribution in [0.15, 0.2) is 58.0 Å². The first-order chi connectivity index (χ1) is 18.5. The quantitative estimate of drug-likeness (QED) is 0.293. The van der Waals surface area contributed by atoms with Gasteiger partial charge in [0.2, 0.25) is 0 Å². The van der Waals surface area contributed by atoms with Crippen LogP contribution in [0.2, 0.25) is 0 Å². The Morgan fingerprint density at radius 1 is 1.11 bits per heavy atom. The van der Waals surface area contributed by atoms with E-state index in [1.807, 2.05) is 23.9 Å². The van der Waals surface area contributed by atoms with Gasteiger partial charge in [0.25, 0.3) is 11.8 Å². The first kappa shape index (κ1) is 26.2. The minimum atomic E-state index is -0.529. The van der Waals surface area contributed by atoms with Crippen LogP contribution in [0.25, 0.3) is 34.3 Å². The zero-order valence-corrected chi connectivity index (χ0v) is 21.7. The predicted molar refractivity (Wildman–Crippen MR) is 143 cm³/mol. The van der Waals surface area contributed by atoms with Gasteiger partial charge in [-0.3, -0.25) is 0 Å². The van der Waals surface area contributed by atoms with Gasteiger partial charge < -0.3 is 20.2 Å². The Labute approximate surface area is 223 Å². The molecule has 0 radical (unpaired) electrons. The Morgan fingerprint density at radius 3 is 2.61 bits per heavy atom. The lowest BCUT2D eigenvalue weighted by molar-refractivity contribution is 0.100. The van der Waals surface area contributed by atoms with Gasteiger partial charge in [0.1, 0.15) is 12.5 Å². The average Bonchev–Trinajstić information content (AvgIpc) is 3.43. The lowest BCUT2D eigenvalue weighted by atomic mass is 10.1. The minimum absolute atomic E-state index is 0.00442. The number of nitrogens with zero attached hydrogens (tertiary/aromatic N) is 4.